The first kappa shape index (κ1) is 18.0. The summed E-state index contributed by atoms with van der Waals surface area (Å²) in [4.78, 5) is 35.6. The second-order valence-corrected chi connectivity index (χ2v) is 6.70. The average molecular weight is 361 g/mol. The zero-order valence-corrected chi connectivity index (χ0v) is 14.3. The second kappa shape index (κ2) is 6.49. The fourth-order valence-corrected chi connectivity index (χ4v) is 3.86. The lowest BCUT2D eigenvalue weighted by atomic mass is 9.61. The third-order valence-corrected chi connectivity index (χ3v) is 4.88. The number of benzene rings is 1. The molecule has 3 rings (SSSR count). The van der Waals surface area contributed by atoms with E-state index in [0.29, 0.717) is 11.3 Å². The number of esters is 1. The number of non-ortho nitro benzene ring substituents is 1. The van der Waals surface area contributed by atoms with Gasteiger partial charge in [0.1, 0.15) is 0 Å². The fraction of sp³-hybridized carbons (Fsp3) is 0.471. The van der Waals surface area contributed by atoms with Crippen LogP contribution in [-0.2, 0) is 14.3 Å². The van der Waals surface area contributed by atoms with E-state index in [9.17, 15) is 24.8 Å². The lowest BCUT2D eigenvalue weighted by Crippen LogP contribution is -2.54. The molecule has 26 heavy (non-hydrogen) atoms. The van der Waals surface area contributed by atoms with E-state index in [1.807, 2.05) is 0 Å². The summed E-state index contributed by atoms with van der Waals surface area (Å²) < 4.78 is 5.13. The second-order valence-electron chi connectivity index (χ2n) is 6.70. The molecule has 138 valence electrons. The lowest BCUT2D eigenvalue weighted by Gasteiger charge is -2.43. The largest absolute Gasteiger partial charge is 0.466 e. The molecule has 1 amide bonds. The van der Waals surface area contributed by atoms with E-state index in [2.05, 4.69) is 10.5 Å². The maximum atomic E-state index is 12.6. The number of nitrogens with zero attached hydrogens (tertiary/aromatic N) is 2. The molecule has 1 fully saturated rings. The van der Waals surface area contributed by atoms with Gasteiger partial charge in [-0.05, 0) is 19.4 Å². The van der Waals surface area contributed by atoms with Crippen molar-refractivity contribution >= 4 is 23.3 Å². The molecular weight excluding hydrogens is 342 g/mol. The van der Waals surface area contributed by atoms with E-state index in [1.165, 1.54) is 25.1 Å². The maximum Gasteiger partial charge on any atom is 0.312 e. The van der Waals surface area contributed by atoms with Crippen LogP contribution in [-0.4, -0.2) is 39.8 Å². The molecule has 1 aliphatic heterocycles. The summed E-state index contributed by atoms with van der Waals surface area (Å²) in [6.45, 7) is 3.25. The van der Waals surface area contributed by atoms with Gasteiger partial charge in [0.15, 0.2) is 0 Å². The Balaban J connectivity index is 2.15. The highest BCUT2D eigenvalue weighted by molar-refractivity contribution is 6.10. The number of hydrogen-bond acceptors (Lipinski definition) is 7. The molecule has 2 aliphatic rings. The number of carbonyl (C=O) groups excluding carboxylic acids is 2. The first-order valence-corrected chi connectivity index (χ1v) is 8.26. The van der Waals surface area contributed by atoms with Gasteiger partial charge in [0.25, 0.3) is 5.69 Å². The summed E-state index contributed by atoms with van der Waals surface area (Å²) in [5.74, 6) is -3.71. The third-order valence-electron chi connectivity index (χ3n) is 4.88. The Morgan fingerprint density at radius 1 is 1.54 bits per heavy atom. The van der Waals surface area contributed by atoms with Gasteiger partial charge in [-0.25, -0.2) is 5.43 Å². The van der Waals surface area contributed by atoms with Gasteiger partial charge in [-0.1, -0.05) is 12.1 Å². The predicted octanol–water partition coefficient (Wildman–Crippen LogP) is 1.11. The highest BCUT2D eigenvalue weighted by Crippen LogP contribution is 2.48. The predicted molar refractivity (Wildman–Crippen MR) is 90.3 cm³/mol. The summed E-state index contributed by atoms with van der Waals surface area (Å²) in [6, 6.07) is 5.74. The minimum Gasteiger partial charge on any atom is -0.466 e. The number of nitrogens with one attached hydrogen (secondary N) is 1. The fourth-order valence-electron chi connectivity index (χ4n) is 3.86. The van der Waals surface area contributed by atoms with E-state index < -0.39 is 40.2 Å². The minimum absolute atomic E-state index is 0.0331. The molecule has 0 spiro atoms. The molecule has 4 atom stereocenters. The normalized spacial score (nSPS) is 30.2. The van der Waals surface area contributed by atoms with Crippen molar-refractivity contribution in [2.45, 2.75) is 31.8 Å². The topological polar surface area (TPSA) is 131 Å². The van der Waals surface area contributed by atoms with Crippen LogP contribution < -0.4 is 5.43 Å². The van der Waals surface area contributed by atoms with Gasteiger partial charge in [-0.2, -0.15) is 5.10 Å². The molecule has 0 unspecified atom stereocenters. The van der Waals surface area contributed by atoms with Crippen molar-refractivity contribution in [1.29, 1.82) is 0 Å². The van der Waals surface area contributed by atoms with Gasteiger partial charge in [0.2, 0.25) is 5.91 Å². The van der Waals surface area contributed by atoms with Crippen LogP contribution in [0.25, 0.3) is 0 Å². The molecular formula is C17H19N3O6. The number of fused-ring (bicyclic) bond motifs is 1. The molecule has 1 saturated carbocycles. The van der Waals surface area contributed by atoms with Crippen molar-refractivity contribution in [3.05, 3.63) is 39.9 Å². The SMILES string of the molecule is CCOC(=O)[C@@H]1[C@H](c2cccc([N+](=O)[O-])c2)[C@H]2C(=O)NN=C2C[C@@]1(C)O. The number of hydrazone groups is 1. The lowest BCUT2D eigenvalue weighted by molar-refractivity contribution is -0.385. The zero-order chi connectivity index (χ0) is 19.1. The summed E-state index contributed by atoms with van der Waals surface area (Å²) in [5, 5.41) is 26.0. The average Bonchev–Trinajstić information content (AvgIpc) is 2.93. The number of rotatable bonds is 4. The van der Waals surface area contributed by atoms with Crippen LogP contribution in [0.15, 0.2) is 29.4 Å². The van der Waals surface area contributed by atoms with Crippen molar-refractivity contribution in [3.8, 4) is 0 Å². The molecule has 0 radical (unpaired) electrons. The standard InChI is InChI=1S/C17H19N3O6/c1-3-26-16(22)14-12(9-5-4-6-10(7-9)20(24)25)13-11(8-17(14,2)23)18-19-15(13)21/h4-7,12-14,23H,3,8H2,1-2H3,(H,19,21)/t12-,13+,14+,17-/m1/s1. The van der Waals surface area contributed by atoms with E-state index in [0.717, 1.165) is 0 Å². The molecule has 9 heteroatoms. The quantitative estimate of drug-likeness (QED) is 0.469. The molecule has 2 N–H and O–H groups in total. The van der Waals surface area contributed by atoms with Crippen molar-refractivity contribution < 1.29 is 24.4 Å². The van der Waals surface area contributed by atoms with E-state index in [4.69, 9.17) is 4.74 Å². The Labute approximate surface area is 149 Å². The number of ether oxygens (including phenoxy) is 1. The maximum absolute atomic E-state index is 12.6. The van der Waals surface area contributed by atoms with Crippen LogP contribution in [0.3, 0.4) is 0 Å². The summed E-state index contributed by atoms with van der Waals surface area (Å²) in [6.07, 6.45) is 0.0331. The number of amides is 1. The Morgan fingerprint density at radius 3 is 2.92 bits per heavy atom. The molecule has 0 aromatic heterocycles. The minimum atomic E-state index is -1.51. The summed E-state index contributed by atoms with van der Waals surface area (Å²) >= 11 is 0. The molecule has 0 bridgehead atoms. The van der Waals surface area contributed by atoms with E-state index in [-0.39, 0.29) is 18.7 Å². The summed E-state index contributed by atoms with van der Waals surface area (Å²) in [5.41, 5.74) is 1.55. The van der Waals surface area contributed by atoms with Crippen LogP contribution in [0, 0.1) is 22.0 Å². The number of nitro benzene ring substituents is 1. The van der Waals surface area contributed by atoms with Crippen LogP contribution in [0.1, 0.15) is 31.7 Å². The first-order valence-electron chi connectivity index (χ1n) is 8.26. The first-order chi connectivity index (χ1) is 12.3. The molecule has 1 heterocycles. The Kier molecular flexibility index (Phi) is 4.49. The van der Waals surface area contributed by atoms with Gasteiger partial charge in [-0.15, -0.1) is 0 Å². The molecule has 1 aliphatic carbocycles. The Morgan fingerprint density at radius 2 is 2.27 bits per heavy atom. The number of nitro groups is 1. The van der Waals surface area contributed by atoms with Crippen LogP contribution in [0.2, 0.25) is 0 Å². The Hall–Kier alpha value is -2.81. The van der Waals surface area contributed by atoms with Crippen molar-refractivity contribution in [2.75, 3.05) is 6.61 Å². The van der Waals surface area contributed by atoms with Crippen LogP contribution >= 0.6 is 0 Å². The monoisotopic (exact) mass is 361 g/mol. The van der Waals surface area contributed by atoms with Gasteiger partial charge in [0, 0.05) is 24.5 Å². The number of aliphatic hydroxyl groups is 1. The number of hydrogen-bond donors (Lipinski definition) is 2. The smallest absolute Gasteiger partial charge is 0.312 e. The Bertz CT molecular complexity index is 803. The highest BCUT2D eigenvalue weighted by Gasteiger charge is 2.57. The molecule has 9 nitrogen and oxygen atoms in total. The van der Waals surface area contributed by atoms with Gasteiger partial charge >= 0.3 is 5.97 Å². The van der Waals surface area contributed by atoms with Gasteiger partial charge in [0.05, 0.1) is 34.7 Å². The molecule has 0 saturated heterocycles. The van der Waals surface area contributed by atoms with Crippen molar-refractivity contribution in [3.63, 3.8) is 0 Å². The van der Waals surface area contributed by atoms with Crippen molar-refractivity contribution in [2.24, 2.45) is 16.9 Å². The summed E-state index contributed by atoms with van der Waals surface area (Å²) in [7, 11) is 0. The van der Waals surface area contributed by atoms with Gasteiger partial charge < -0.3 is 9.84 Å². The zero-order valence-electron chi connectivity index (χ0n) is 14.3. The van der Waals surface area contributed by atoms with E-state index in [1.54, 1.807) is 13.0 Å². The van der Waals surface area contributed by atoms with E-state index >= 15 is 0 Å². The van der Waals surface area contributed by atoms with Crippen molar-refractivity contribution in [1.82, 2.24) is 5.43 Å². The third kappa shape index (κ3) is 2.94. The highest BCUT2D eigenvalue weighted by atomic mass is 16.6. The van der Waals surface area contributed by atoms with Gasteiger partial charge in [-0.3, -0.25) is 19.7 Å². The number of carbonyl (C=O) groups is 2. The molecule has 1 aromatic rings. The molecule has 1 aromatic carbocycles. The van der Waals surface area contributed by atoms with Crippen LogP contribution in [0.5, 0.6) is 0 Å². The van der Waals surface area contributed by atoms with Crippen LogP contribution in [0.4, 0.5) is 5.69 Å².